The van der Waals surface area contributed by atoms with Crippen LogP contribution in [0.4, 0.5) is 5.69 Å². The molecule has 0 spiro atoms. The van der Waals surface area contributed by atoms with Crippen molar-refractivity contribution in [2.75, 3.05) is 5.32 Å². The van der Waals surface area contributed by atoms with E-state index in [9.17, 15) is 4.79 Å². The Morgan fingerprint density at radius 3 is 2.45 bits per heavy atom. The number of hydrogen-bond donors (Lipinski definition) is 1. The van der Waals surface area contributed by atoms with Crippen molar-refractivity contribution in [3.05, 3.63) is 57.5 Å². The third-order valence-corrected chi connectivity index (χ3v) is 5.41. The summed E-state index contributed by atoms with van der Waals surface area (Å²) in [6.07, 6.45) is 0.692. The van der Waals surface area contributed by atoms with Gasteiger partial charge in [0, 0.05) is 9.92 Å². The van der Waals surface area contributed by atoms with Crippen molar-refractivity contribution in [2.24, 2.45) is 0 Å². The van der Waals surface area contributed by atoms with Crippen LogP contribution in [0.15, 0.2) is 47.4 Å². The average Bonchev–Trinajstić information content (AvgIpc) is 2.51. The summed E-state index contributed by atoms with van der Waals surface area (Å²) in [4.78, 5) is 13.4. The van der Waals surface area contributed by atoms with Crippen LogP contribution < -0.4 is 5.32 Å². The first-order valence-corrected chi connectivity index (χ1v) is 8.69. The van der Waals surface area contributed by atoms with E-state index >= 15 is 0 Å². The van der Waals surface area contributed by atoms with Gasteiger partial charge in [-0.3, -0.25) is 4.79 Å². The molecular weight excluding hydrogens is 361 g/mol. The van der Waals surface area contributed by atoms with Gasteiger partial charge < -0.3 is 5.32 Å². The van der Waals surface area contributed by atoms with Gasteiger partial charge in [0.1, 0.15) is 0 Å². The third-order valence-electron chi connectivity index (χ3n) is 2.96. The number of amides is 1. The fourth-order valence-corrected chi connectivity index (χ4v) is 3.24. The number of carbonyl (C=O) groups excluding carboxylic acids is 1. The first-order chi connectivity index (χ1) is 10.5. The molecular formula is C16H14Cl3NOS. The molecule has 0 aliphatic carbocycles. The van der Waals surface area contributed by atoms with Crippen molar-refractivity contribution in [3.8, 4) is 0 Å². The van der Waals surface area contributed by atoms with Crippen LogP contribution in [-0.4, -0.2) is 11.2 Å². The van der Waals surface area contributed by atoms with Crippen LogP contribution in [0.2, 0.25) is 15.1 Å². The maximum absolute atomic E-state index is 12.4. The summed E-state index contributed by atoms with van der Waals surface area (Å²) in [5.41, 5.74) is 0.523. The predicted octanol–water partition coefficient (Wildman–Crippen LogP) is 6.16. The van der Waals surface area contributed by atoms with Gasteiger partial charge in [0.05, 0.1) is 21.0 Å². The van der Waals surface area contributed by atoms with E-state index in [0.29, 0.717) is 27.2 Å². The summed E-state index contributed by atoms with van der Waals surface area (Å²) in [5.74, 6) is -0.105. The van der Waals surface area contributed by atoms with Gasteiger partial charge in [0.25, 0.3) is 0 Å². The zero-order valence-electron chi connectivity index (χ0n) is 11.8. The Labute approximate surface area is 149 Å². The van der Waals surface area contributed by atoms with Crippen molar-refractivity contribution in [1.29, 1.82) is 0 Å². The Kier molecular flexibility index (Phi) is 6.45. The van der Waals surface area contributed by atoms with Gasteiger partial charge in [0.2, 0.25) is 5.91 Å². The standard InChI is InChI=1S/C16H14Cl3NOS/c1-2-14(22-11-8-6-10(17)7-9-11)16(21)20-13-5-3-4-12(18)15(13)19/h3-9,14H,2H2,1H3,(H,20,21)/t14-/m0/s1. The van der Waals surface area contributed by atoms with E-state index in [4.69, 9.17) is 34.8 Å². The molecule has 1 atom stereocenters. The minimum atomic E-state index is -0.226. The molecule has 2 nitrogen and oxygen atoms in total. The van der Waals surface area contributed by atoms with E-state index in [2.05, 4.69) is 5.32 Å². The minimum Gasteiger partial charge on any atom is -0.324 e. The van der Waals surface area contributed by atoms with E-state index in [0.717, 1.165) is 4.90 Å². The van der Waals surface area contributed by atoms with E-state index in [1.165, 1.54) is 11.8 Å². The molecule has 0 aliphatic heterocycles. The summed E-state index contributed by atoms with van der Waals surface area (Å²) in [6, 6.07) is 12.6. The molecule has 0 fully saturated rings. The number of carbonyl (C=O) groups is 1. The molecule has 2 aromatic carbocycles. The zero-order valence-corrected chi connectivity index (χ0v) is 14.9. The first-order valence-electron chi connectivity index (χ1n) is 6.68. The summed E-state index contributed by atoms with van der Waals surface area (Å²) < 4.78 is 0. The second-order valence-corrected chi connectivity index (χ2v) is 7.06. The Morgan fingerprint density at radius 2 is 1.82 bits per heavy atom. The van der Waals surface area contributed by atoms with Crippen LogP contribution >= 0.6 is 46.6 Å². The van der Waals surface area contributed by atoms with Crippen LogP contribution in [-0.2, 0) is 4.79 Å². The van der Waals surface area contributed by atoms with Crippen LogP contribution in [0, 0.1) is 0 Å². The van der Waals surface area contributed by atoms with Crippen LogP contribution in [0.5, 0.6) is 0 Å². The lowest BCUT2D eigenvalue weighted by molar-refractivity contribution is -0.115. The van der Waals surface area contributed by atoms with Crippen LogP contribution in [0.25, 0.3) is 0 Å². The maximum Gasteiger partial charge on any atom is 0.237 e. The molecule has 0 unspecified atom stereocenters. The highest BCUT2D eigenvalue weighted by molar-refractivity contribution is 8.00. The van der Waals surface area contributed by atoms with Gasteiger partial charge in [0.15, 0.2) is 0 Å². The van der Waals surface area contributed by atoms with Crippen LogP contribution in [0.3, 0.4) is 0 Å². The average molecular weight is 375 g/mol. The summed E-state index contributed by atoms with van der Waals surface area (Å²) in [6.45, 7) is 1.97. The summed E-state index contributed by atoms with van der Waals surface area (Å²) in [5, 5.41) is 4.04. The molecule has 0 bridgehead atoms. The number of halogens is 3. The molecule has 0 aromatic heterocycles. The first kappa shape index (κ1) is 17.5. The molecule has 0 radical (unpaired) electrons. The number of anilines is 1. The Balaban J connectivity index is 2.08. The number of nitrogens with one attached hydrogen (secondary N) is 1. The Morgan fingerprint density at radius 1 is 1.14 bits per heavy atom. The molecule has 0 aliphatic rings. The third kappa shape index (κ3) is 4.56. The maximum atomic E-state index is 12.4. The molecule has 22 heavy (non-hydrogen) atoms. The number of thioether (sulfide) groups is 1. The highest BCUT2D eigenvalue weighted by Gasteiger charge is 2.19. The van der Waals surface area contributed by atoms with E-state index in [1.54, 1.807) is 18.2 Å². The number of hydrogen-bond acceptors (Lipinski definition) is 2. The summed E-state index contributed by atoms with van der Waals surface area (Å²) >= 11 is 19.4. The SMILES string of the molecule is CC[C@H](Sc1ccc(Cl)cc1)C(=O)Nc1cccc(Cl)c1Cl. The van der Waals surface area contributed by atoms with E-state index in [-0.39, 0.29) is 11.2 Å². The van der Waals surface area contributed by atoms with Gasteiger partial charge in [-0.15, -0.1) is 11.8 Å². The van der Waals surface area contributed by atoms with Gasteiger partial charge in [-0.25, -0.2) is 0 Å². The van der Waals surface area contributed by atoms with Crippen molar-refractivity contribution < 1.29 is 4.79 Å². The lowest BCUT2D eigenvalue weighted by Crippen LogP contribution is -2.24. The number of benzene rings is 2. The van der Waals surface area contributed by atoms with E-state index in [1.807, 2.05) is 31.2 Å². The fraction of sp³-hybridized carbons (Fsp3) is 0.188. The molecule has 2 rings (SSSR count). The molecule has 6 heteroatoms. The molecule has 0 saturated heterocycles. The molecule has 1 N–H and O–H groups in total. The van der Waals surface area contributed by atoms with Gasteiger partial charge in [-0.05, 0) is 42.8 Å². The topological polar surface area (TPSA) is 29.1 Å². The smallest absolute Gasteiger partial charge is 0.237 e. The molecule has 1 amide bonds. The largest absolute Gasteiger partial charge is 0.324 e. The predicted molar refractivity (Wildman–Crippen MR) is 96.5 cm³/mol. The second-order valence-electron chi connectivity index (χ2n) is 4.56. The Hall–Kier alpha value is -0.870. The van der Waals surface area contributed by atoms with Gasteiger partial charge in [-0.1, -0.05) is 47.8 Å². The minimum absolute atomic E-state index is 0.105. The molecule has 0 saturated carbocycles. The van der Waals surface area contributed by atoms with Crippen molar-refractivity contribution >= 4 is 58.2 Å². The normalized spacial score (nSPS) is 12.0. The van der Waals surface area contributed by atoms with Crippen molar-refractivity contribution in [1.82, 2.24) is 0 Å². The highest BCUT2D eigenvalue weighted by Crippen LogP contribution is 2.31. The number of rotatable bonds is 5. The lowest BCUT2D eigenvalue weighted by Gasteiger charge is -2.15. The molecule has 116 valence electrons. The van der Waals surface area contributed by atoms with Gasteiger partial charge in [-0.2, -0.15) is 0 Å². The lowest BCUT2D eigenvalue weighted by atomic mass is 10.2. The Bertz CT molecular complexity index is 661. The van der Waals surface area contributed by atoms with Crippen LogP contribution in [0.1, 0.15) is 13.3 Å². The van der Waals surface area contributed by atoms with Crippen molar-refractivity contribution in [3.63, 3.8) is 0 Å². The fourth-order valence-electron chi connectivity index (χ4n) is 1.81. The van der Waals surface area contributed by atoms with Gasteiger partial charge >= 0.3 is 0 Å². The van der Waals surface area contributed by atoms with Crippen molar-refractivity contribution in [2.45, 2.75) is 23.5 Å². The molecule has 2 aromatic rings. The van der Waals surface area contributed by atoms with E-state index < -0.39 is 0 Å². The molecule has 0 heterocycles. The zero-order chi connectivity index (χ0) is 16.1. The quantitative estimate of drug-likeness (QED) is 0.635. The summed E-state index contributed by atoms with van der Waals surface area (Å²) in [7, 11) is 0. The monoisotopic (exact) mass is 373 g/mol. The second kappa shape index (κ2) is 8.11. The highest BCUT2D eigenvalue weighted by atomic mass is 35.5.